The van der Waals surface area contributed by atoms with Gasteiger partial charge in [-0.3, -0.25) is 9.79 Å². The number of aliphatic imine (C=N–C) groups is 1. The molecule has 1 aromatic carbocycles. The second-order valence-electron chi connectivity index (χ2n) is 3.30. The molecular formula is C11H11BrN2OS. The minimum atomic E-state index is -0.322. The predicted octanol–water partition coefficient (Wildman–Crippen LogP) is 2.34. The molecule has 1 heterocycles. The zero-order valence-electron chi connectivity index (χ0n) is 8.52. The number of benzene rings is 1. The van der Waals surface area contributed by atoms with Crippen LogP contribution in [0.4, 0.5) is 0 Å². The third-order valence-corrected chi connectivity index (χ3v) is 3.97. The first-order chi connectivity index (χ1) is 7.77. The van der Waals surface area contributed by atoms with Gasteiger partial charge >= 0.3 is 0 Å². The molecule has 1 N–H and O–H groups in total. The lowest BCUT2D eigenvalue weighted by atomic mass is 10.1. The fourth-order valence-corrected chi connectivity index (χ4v) is 2.50. The number of thioether (sulfide) groups is 1. The van der Waals surface area contributed by atoms with Crippen molar-refractivity contribution in [3.8, 4) is 0 Å². The lowest BCUT2D eigenvalue weighted by Crippen LogP contribution is -2.30. The molecule has 0 radical (unpaired) electrons. The Morgan fingerprint density at radius 2 is 2.19 bits per heavy atom. The lowest BCUT2D eigenvalue weighted by Gasteiger charge is -2.10. The number of rotatable bonds is 2. The van der Waals surface area contributed by atoms with Gasteiger partial charge in [-0.15, -0.1) is 0 Å². The Morgan fingerprint density at radius 3 is 2.81 bits per heavy atom. The summed E-state index contributed by atoms with van der Waals surface area (Å²) < 4.78 is 0. The van der Waals surface area contributed by atoms with Crippen molar-refractivity contribution in [2.45, 2.75) is 4.83 Å². The molecule has 1 amide bonds. The molecule has 3 nitrogen and oxygen atoms in total. The first kappa shape index (κ1) is 11.7. The molecule has 0 saturated heterocycles. The summed E-state index contributed by atoms with van der Waals surface area (Å²) in [5, 5.41) is 3.53. The maximum atomic E-state index is 11.8. The van der Waals surface area contributed by atoms with E-state index in [-0.39, 0.29) is 10.7 Å². The highest BCUT2D eigenvalue weighted by molar-refractivity contribution is 9.09. The van der Waals surface area contributed by atoms with Gasteiger partial charge in [0.25, 0.3) is 0 Å². The van der Waals surface area contributed by atoms with Crippen molar-refractivity contribution < 1.29 is 4.79 Å². The number of nitrogens with zero attached hydrogens (tertiary/aromatic N) is 1. The molecule has 5 heteroatoms. The second kappa shape index (κ2) is 5.50. The van der Waals surface area contributed by atoms with Crippen LogP contribution in [0.25, 0.3) is 0 Å². The summed E-state index contributed by atoms with van der Waals surface area (Å²) in [5.74, 6) is 0.882. The van der Waals surface area contributed by atoms with E-state index in [2.05, 4.69) is 26.2 Å². The van der Waals surface area contributed by atoms with Crippen LogP contribution in [0.3, 0.4) is 0 Å². The zero-order chi connectivity index (χ0) is 11.4. The molecule has 0 unspecified atom stereocenters. The maximum Gasteiger partial charge on any atom is 0.244 e. The molecule has 0 saturated carbocycles. The molecule has 0 spiro atoms. The molecule has 0 aromatic heterocycles. The van der Waals surface area contributed by atoms with Crippen molar-refractivity contribution in [2.75, 3.05) is 12.3 Å². The Labute approximate surface area is 107 Å². The quantitative estimate of drug-likeness (QED) is 0.852. The fraction of sp³-hybridized carbons (Fsp3) is 0.273. The van der Waals surface area contributed by atoms with Crippen LogP contribution in [0.5, 0.6) is 0 Å². The normalized spacial score (nSPS) is 16.7. The Hall–Kier alpha value is -0.810. The number of amides is 1. The lowest BCUT2D eigenvalue weighted by molar-refractivity contribution is -0.119. The summed E-state index contributed by atoms with van der Waals surface area (Å²) in [6, 6.07) is 9.60. The van der Waals surface area contributed by atoms with Gasteiger partial charge in [-0.1, -0.05) is 58.0 Å². The average molecular weight is 299 g/mol. The monoisotopic (exact) mass is 298 g/mol. The maximum absolute atomic E-state index is 11.8. The molecule has 0 bridgehead atoms. The van der Waals surface area contributed by atoms with E-state index in [1.165, 1.54) is 0 Å². The molecule has 16 heavy (non-hydrogen) atoms. The Morgan fingerprint density at radius 1 is 1.44 bits per heavy atom. The number of amidine groups is 1. The van der Waals surface area contributed by atoms with E-state index in [1.54, 1.807) is 11.8 Å². The third kappa shape index (κ3) is 2.86. The summed E-state index contributed by atoms with van der Waals surface area (Å²) in [5.41, 5.74) is 0.948. The topological polar surface area (TPSA) is 41.5 Å². The fourth-order valence-electron chi connectivity index (χ4n) is 1.35. The molecular weight excluding hydrogens is 288 g/mol. The van der Waals surface area contributed by atoms with Crippen molar-refractivity contribution in [1.82, 2.24) is 5.32 Å². The van der Waals surface area contributed by atoms with E-state index in [9.17, 15) is 4.79 Å². The van der Waals surface area contributed by atoms with Gasteiger partial charge in [0.05, 0.1) is 6.54 Å². The molecule has 1 atom stereocenters. The van der Waals surface area contributed by atoms with Crippen LogP contribution in [0, 0.1) is 0 Å². The number of hydrogen-bond donors (Lipinski definition) is 1. The predicted molar refractivity (Wildman–Crippen MR) is 71.0 cm³/mol. The molecule has 84 valence electrons. The van der Waals surface area contributed by atoms with Crippen molar-refractivity contribution in [2.24, 2.45) is 4.99 Å². The summed E-state index contributed by atoms with van der Waals surface area (Å²) in [6.07, 6.45) is 0. The van der Waals surface area contributed by atoms with E-state index in [1.807, 2.05) is 30.3 Å². The summed E-state index contributed by atoms with van der Waals surface area (Å²) in [7, 11) is 0. The van der Waals surface area contributed by atoms with Crippen LogP contribution in [0.1, 0.15) is 10.4 Å². The van der Waals surface area contributed by atoms with Gasteiger partial charge in [0.15, 0.2) is 5.17 Å². The van der Waals surface area contributed by atoms with Crippen molar-refractivity contribution >= 4 is 38.8 Å². The summed E-state index contributed by atoms with van der Waals surface area (Å²) in [4.78, 5) is 15.7. The highest BCUT2D eigenvalue weighted by Gasteiger charge is 2.19. The van der Waals surface area contributed by atoms with Gasteiger partial charge in [-0.25, -0.2) is 0 Å². The van der Waals surface area contributed by atoms with Crippen LogP contribution in [0.15, 0.2) is 35.3 Å². The highest BCUT2D eigenvalue weighted by atomic mass is 79.9. The van der Waals surface area contributed by atoms with E-state index in [0.29, 0.717) is 0 Å². The van der Waals surface area contributed by atoms with Gasteiger partial charge in [0.2, 0.25) is 5.91 Å². The second-order valence-corrected chi connectivity index (χ2v) is 5.30. The van der Waals surface area contributed by atoms with Gasteiger partial charge in [0.1, 0.15) is 4.83 Å². The Kier molecular flexibility index (Phi) is 4.01. The van der Waals surface area contributed by atoms with Crippen LogP contribution in [0.2, 0.25) is 0 Å². The SMILES string of the molecule is O=C(NC1=NCCS1)[C@H](Br)c1ccccc1. The first-order valence-electron chi connectivity index (χ1n) is 4.94. The smallest absolute Gasteiger partial charge is 0.244 e. The van der Waals surface area contributed by atoms with Gasteiger partial charge in [-0.05, 0) is 5.56 Å². The minimum absolute atomic E-state index is 0.0700. The molecule has 0 fully saturated rings. The van der Waals surface area contributed by atoms with E-state index >= 15 is 0 Å². The van der Waals surface area contributed by atoms with Crippen LogP contribution in [-0.4, -0.2) is 23.4 Å². The number of hydrogen-bond acceptors (Lipinski definition) is 3. The average Bonchev–Trinajstić information content (AvgIpc) is 2.82. The molecule has 2 rings (SSSR count). The van der Waals surface area contributed by atoms with Gasteiger partial charge < -0.3 is 5.32 Å². The van der Waals surface area contributed by atoms with Crippen LogP contribution in [-0.2, 0) is 4.79 Å². The van der Waals surface area contributed by atoms with E-state index < -0.39 is 0 Å². The highest BCUT2D eigenvalue weighted by Crippen LogP contribution is 2.23. The van der Waals surface area contributed by atoms with Crippen LogP contribution >= 0.6 is 27.7 Å². The van der Waals surface area contributed by atoms with E-state index in [0.717, 1.165) is 23.0 Å². The minimum Gasteiger partial charge on any atom is -0.304 e. The Bertz CT molecular complexity index is 408. The number of alkyl halides is 1. The zero-order valence-corrected chi connectivity index (χ0v) is 10.9. The first-order valence-corrected chi connectivity index (χ1v) is 6.84. The molecule has 1 aliphatic rings. The number of halogens is 1. The molecule has 1 aromatic rings. The van der Waals surface area contributed by atoms with Crippen molar-refractivity contribution in [3.63, 3.8) is 0 Å². The van der Waals surface area contributed by atoms with Gasteiger partial charge in [-0.2, -0.15) is 0 Å². The number of carbonyl (C=O) groups is 1. The summed E-state index contributed by atoms with van der Waals surface area (Å²) in [6.45, 7) is 0.790. The number of carbonyl (C=O) groups excluding carboxylic acids is 1. The Balaban J connectivity index is 1.99. The third-order valence-electron chi connectivity index (χ3n) is 2.14. The van der Waals surface area contributed by atoms with Gasteiger partial charge in [0, 0.05) is 5.75 Å². The van der Waals surface area contributed by atoms with E-state index in [4.69, 9.17) is 0 Å². The van der Waals surface area contributed by atoms with Crippen molar-refractivity contribution in [3.05, 3.63) is 35.9 Å². The summed E-state index contributed by atoms with van der Waals surface area (Å²) >= 11 is 4.96. The van der Waals surface area contributed by atoms with Crippen molar-refractivity contribution in [1.29, 1.82) is 0 Å². The standard InChI is InChI=1S/C11H11BrN2OS/c12-9(8-4-2-1-3-5-8)10(15)14-11-13-6-7-16-11/h1-5,9H,6-7H2,(H,13,14,15)/t9-/m1/s1. The van der Waals surface area contributed by atoms with Crippen LogP contribution < -0.4 is 5.32 Å². The molecule has 1 aliphatic heterocycles. The molecule has 0 aliphatic carbocycles. The number of nitrogens with one attached hydrogen (secondary N) is 1. The largest absolute Gasteiger partial charge is 0.304 e.